The molecule has 0 unspecified atom stereocenters. The van der Waals surface area contributed by atoms with E-state index in [4.69, 9.17) is 4.74 Å². The second-order valence-electron chi connectivity index (χ2n) is 5.55. The molecule has 0 spiro atoms. The van der Waals surface area contributed by atoms with E-state index in [2.05, 4.69) is 5.32 Å². The fourth-order valence-electron chi connectivity index (χ4n) is 2.21. The molecular weight excluding hydrogens is 356 g/mol. The summed E-state index contributed by atoms with van der Waals surface area (Å²) in [4.78, 5) is 35.4. The van der Waals surface area contributed by atoms with Crippen LogP contribution in [0.15, 0.2) is 47.4 Å². The standard InChI is InChI=1S/C18H18N2O5S/c1-11-5-4-6-14(9-11)19-17(21)12(2)25-18(22)13-7-8-16(26-3)15(10-13)20(23)24/h4-10,12H,1-3H3,(H,19,21)/t12-/m1/s1. The van der Waals surface area contributed by atoms with Crippen LogP contribution in [0.25, 0.3) is 0 Å². The predicted octanol–water partition coefficient (Wildman–Crippen LogP) is 3.81. The van der Waals surface area contributed by atoms with Crippen LogP contribution in [0.4, 0.5) is 11.4 Å². The minimum absolute atomic E-state index is 0.0182. The van der Waals surface area contributed by atoms with Crippen molar-refractivity contribution >= 4 is 35.0 Å². The summed E-state index contributed by atoms with van der Waals surface area (Å²) >= 11 is 1.21. The lowest BCUT2D eigenvalue weighted by Crippen LogP contribution is -2.30. The van der Waals surface area contributed by atoms with E-state index < -0.39 is 22.9 Å². The number of ether oxygens (including phenoxy) is 1. The molecule has 2 aromatic carbocycles. The van der Waals surface area contributed by atoms with E-state index in [9.17, 15) is 19.7 Å². The van der Waals surface area contributed by atoms with Gasteiger partial charge < -0.3 is 10.1 Å². The Kier molecular flexibility index (Phi) is 6.35. The summed E-state index contributed by atoms with van der Waals surface area (Å²) in [5, 5.41) is 13.8. The third-order valence-electron chi connectivity index (χ3n) is 3.55. The van der Waals surface area contributed by atoms with Gasteiger partial charge in [0.15, 0.2) is 6.10 Å². The second-order valence-corrected chi connectivity index (χ2v) is 6.40. The van der Waals surface area contributed by atoms with Crippen LogP contribution in [-0.2, 0) is 9.53 Å². The fraction of sp³-hybridized carbons (Fsp3) is 0.222. The van der Waals surface area contributed by atoms with Crippen LogP contribution >= 0.6 is 11.8 Å². The molecule has 7 nitrogen and oxygen atoms in total. The molecule has 2 rings (SSSR count). The molecule has 0 radical (unpaired) electrons. The summed E-state index contributed by atoms with van der Waals surface area (Å²) < 4.78 is 5.13. The number of amides is 1. The number of carbonyl (C=O) groups excluding carboxylic acids is 2. The summed E-state index contributed by atoms with van der Waals surface area (Å²) in [5.74, 6) is -1.29. The molecule has 0 bridgehead atoms. The number of nitrogens with zero attached hydrogens (tertiary/aromatic N) is 1. The van der Waals surface area contributed by atoms with Crippen molar-refractivity contribution in [2.24, 2.45) is 0 Å². The largest absolute Gasteiger partial charge is 0.449 e. The highest BCUT2D eigenvalue weighted by atomic mass is 32.2. The first-order valence-corrected chi connectivity index (χ1v) is 8.95. The van der Waals surface area contributed by atoms with Crippen molar-refractivity contribution in [3.63, 3.8) is 0 Å². The summed E-state index contributed by atoms with van der Waals surface area (Å²) in [6.45, 7) is 3.33. The lowest BCUT2D eigenvalue weighted by molar-refractivity contribution is -0.387. The SMILES string of the molecule is CSc1ccc(C(=O)O[C@H](C)C(=O)Nc2cccc(C)c2)cc1[N+](=O)[O-]. The van der Waals surface area contributed by atoms with Gasteiger partial charge in [-0.15, -0.1) is 11.8 Å². The topological polar surface area (TPSA) is 98.5 Å². The Morgan fingerprint density at radius 2 is 1.96 bits per heavy atom. The van der Waals surface area contributed by atoms with Crippen LogP contribution in [0.5, 0.6) is 0 Å². The van der Waals surface area contributed by atoms with Crippen LogP contribution in [0.3, 0.4) is 0 Å². The van der Waals surface area contributed by atoms with E-state index in [1.54, 1.807) is 24.5 Å². The van der Waals surface area contributed by atoms with Crippen molar-refractivity contribution in [1.29, 1.82) is 0 Å². The predicted molar refractivity (Wildman–Crippen MR) is 99.6 cm³/mol. The first-order valence-electron chi connectivity index (χ1n) is 7.72. The Morgan fingerprint density at radius 3 is 2.58 bits per heavy atom. The number of benzene rings is 2. The normalized spacial score (nSPS) is 11.5. The fourth-order valence-corrected chi connectivity index (χ4v) is 2.76. The number of hydrogen-bond acceptors (Lipinski definition) is 6. The van der Waals surface area contributed by atoms with Crippen LogP contribution in [-0.4, -0.2) is 29.2 Å². The summed E-state index contributed by atoms with van der Waals surface area (Å²) in [7, 11) is 0. The highest BCUT2D eigenvalue weighted by Gasteiger charge is 2.22. The number of rotatable bonds is 6. The molecule has 0 fully saturated rings. The highest BCUT2D eigenvalue weighted by molar-refractivity contribution is 7.98. The third kappa shape index (κ3) is 4.82. The average molecular weight is 374 g/mol. The lowest BCUT2D eigenvalue weighted by atomic mass is 10.2. The van der Waals surface area contributed by atoms with Gasteiger partial charge >= 0.3 is 5.97 Å². The van der Waals surface area contributed by atoms with Gasteiger partial charge in [0, 0.05) is 11.8 Å². The summed E-state index contributed by atoms with van der Waals surface area (Å²) in [5.41, 5.74) is 1.42. The van der Waals surface area contributed by atoms with Crippen molar-refractivity contribution in [1.82, 2.24) is 0 Å². The molecule has 0 saturated carbocycles. The number of hydrogen-bond donors (Lipinski definition) is 1. The van der Waals surface area contributed by atoms with Gasteiger partial charge in [0.1, 0.15) is 0 Å². The number of nitrogens with one attached hydrogen (secondary N) is 1. The number of nitro benzene ring substituents is 1. The van der Waals surface area contributed by atoms with Crippen molar-refractivity contribution in [3.8, 4) is 0 Å². The number of thioether (sulfide) groups is 1. The maximum Gasteiger partial charge on any atom is 0.339 e. The van der Waals surface area contributed by atoms with Gasteiger partial charge in [-0.05, 0) is 49.9 Å². The number of carbonyl (C=O) groups is 2. The van der Waals surface area contributed by atoms with Crippen LogP contribution < -0.4 is 5.32 Å². The first-order chi connectivity index (χ1) is 12.3. The zero-order valence-electron chi connectivity index (χ0n) is 14.5. The third-order valence-corrected chi connectivity index (χ3v) is 4.33. The van der Waals surface area contributed by atoms with Crippen molar-refractivity contribution < 1.29 is 19.2 Å². The molecular formula is C18H18N2O5S. The van der Waals surface area contributed by atoms with Gasteiger partial charge in [0.2, 0.25) is 0 Å². The molecule has 1 amide bonds. The van der Waals surface area contributed by atoms with Gasteiger partial charge in [-0.2, -0.15) is 0 Å². The van der Waals surface area contributed by atoms with Crippen molar-refractivity contribution in [2.75, 3.05) is 11.6 Å². The minimum atomic E-state index is -1.05. The van der Waals surface area contributed by atoms with E-state index in [1.807, 2.05) is 13.0 Å². The van der Waals surface area contributed by atoms with Gasteiger partial charge in [0.25, 0.3) is 11.6 Å². The van der Waals surface area contributed by atoms with Gasteiger partial charge in [-0.25, -0.2) is 4.79 Å². The number of anilines is 1. The number of esters is 1. The zero-order chi connectivity index (χ0) is 19.3. The molecule has 0 aliphatic heterocycles. The Morgan fingerprint density at radius 1 is 1.23 bits per heavy atom. The highest BCUT2D eigenvalue weighted by Crippen LogP contribution is 2.28. The van der Waals surface area contributed by atoms with Crippen molar-refractivity contribution in [3.05, 3.63) is 63.7 Å². The molecule has 0 aliphatic carbocycles. The molecule has 8 heteroatoms. The molecule has 0 aromatic heterocycles. The molecule has 0 heterocycles. The summed E-state index contributed by atoms with van der Waals surface area (Å²) in [6.07, 6.45) is 0.653. The molecule has 136 valence electrons. The van der Waals surface area contributed by atoms with Gasteiger partial charge in [0.05, 0.1) is 15.4 Å². The van der Waals surface area contributed by atoms with Crippen LogP contribution in [0, 0.1) is 17.0 Å². The smallest absolute Gasteiger partial charge is 0.339 e. The van der Waals surface area contributed by atoms with E-state index in [1.165, 1.54) is 30.8 Å². The van der Waals surface area contributed by atoms with Gasteiger partial charge in [-0.1, -0.05) is 12.1 Å². The Hall–Kier alpha value is -2.87. The Bertz CT molecular complexity index is 853. The average Bonchev–Trinajstić information content (AvgIpc) is 2.60. The van der Waals surface area contributed by atoms with E-state index in [0.29, 0.717) is 10.6 Å². The quantitative estimate of drug-likeness (QED) is 0.357. The van der Waals surface area contributed by atoms with Crippen molar-refractivity contribution in [2.45, 2.75) is 24.8 Å². The molecule has 0 aliphatic rings. The number of aryl methyl sites for hydroxylation is 1. The maximum atomic E-state index is 12.2. The first kappa shape index (κ1) is 19.5. The molecule has 2 aromatic rings. The molecule has 1 atom stereocenters. The Labute approximate surface area is 154 Å². The Balaban J connectivity index is 2.07. The summed E-state index contributed by atoms with van der Waals surface area (Å²) in [6, 6.07) is 11.3. The van der Waals surface area contributed by atoms with Crippen LogP contribution in [0.1, 0.15) is 22.8 Å². The number of nitro groups is 1. The molecule has 26 heavy (non-hydrogen) atoms. The zero-order valence-corrected chi connectivity index (χ0v) is 15.3. The maximum absolute atomic E-state index is 12.2. The molecule has 1 N–H and O–H groups in total. The second kappa shape index (κ2) is 8.48. The van der Waals surface area contributed by atoms with E-state index in [0.717, 1.165) is 11.6 Å². The minimum Gasteiger partial charge on any atom is -0.449 e. The van der Waals surface area contributed by atoms with E-state index >= 15 is 0 Å². The monoisotopic (exact) mass is 374 g/mol. The van der Waals surface area contributed by atoms with Crippen LogP contribution in [0.2, 0.25) is 0 Å². The molecule has 0 saturated heterocycles. The van der Waals surface area contributed by atoms with E-state index in [-0.39, 0.29) is 11.3 Å². The lowest BCUT2D eigenvalue weighted by Gasteiger charge is -2.14. The van der Waals surface area contributed by atoms with Gasteiger partial charge in [-0.3, -0.25) is 14.9 Å².